The molecular formula is C25H18ClFN4O2. The lowest BCUT2D eigenvalue weighted by atomic mass is 10.1. The zero-order valence-corrected chi connectivity index (χ0v) is 18.1. The van der Waals surface area contributed by atoms with Crippen LogP contribution in [0.3, 0.4) is 0 Å². The van der Waals surface area contributed by atoms with E-state index in [1.807, 2.05) is 30.5 Å². The van der Waals surface area contributed by atoms with Crippen LogP contribution in [-0.4, -0.2) is 15.0 Å². The molecule has 164 valence electrons. The summed E-state index contributed by atoms with van der Waals surface area (Å²) >= 11 is 5.94. The molecule has 0 aliphatic heterocycles. The number of benzene rings is 3. The van der Waals surface area contributed by atoms with Crippen molar-refractivity contribution in [3.05, 3.63) is 111 Å². The molecule has 2 heterocycles. The third-order valence-electron chi connectivity index (χ3n) is 5.17. The van der Waals surface area contributed by atoms with Gasteiger partial charge in [0.2, 0.25) is 0 Å². The summed E-state index contributed by atoms with van der Waals surface area (Å²) in [5.41, 5.74) is 3.62. The van der Waals surface area contributed by atoms with Crippen molar-refractivity contribution >= 4 is 28.3 Å². The summed E-state index contributed by atoms with van der Waals surface area (Å²) in [7, 11) is 0. The topological polar surface area (TPSA) is 73.0 Å². The fourth-order valence-corrected chi connectivity index (χ4v) is 3.63. The minimum atomic E-state index is -0.280. The highest BCUT2D eigenvalue weighted by molar-refractivity contribution is 6.30. The van der Waals surface area contributed by atoms with Gasteiger partial charge in [-0.25, -0.2) is 9.07 Å². The molecule has 0 saturated carbocycles. The van der Waals surface area contributed by atoms with Crippen LogP contribution in [0.1, 0.15) is 11.3 Å². The van der Waals surface area contributed by atoms with Gasteiger partial charge in [0.05, 0.1) is 24.7 Å². The van der Waals surface area contributed by atoms with Gasteiger partial charge in [-0.05, 0) is 66.2 Å². The minimum Gasteiger partial charge on any atom is -0.456 e. The van der Waals surface area contributed by atoms with Crippen LogP contribution in [0, 0.1) is 5.82 Å². The average Bonchev–Trinajstić information content (AvgIpc) is 3.27. The molecule has 0 aliphatic carbocycles. The number of nitrogens with one attached hydrogen (secondary N) is 1. The first-order chi connectivity index (χ1) is 16.0. The van der Waals surface area contributed by atoms with Gasteiger partial charge >= 0.3 is 0 Å². The van der Waals surface area contributed by atoms with Crippen molar-refractivity contribution in [2.75, 3.05) is 5.32 Å². The van der Waals surface area contributed by atoms with Crippen LogP contribution in [0.4, 0.5) is 10.1 Å². The van der Waals surface area contributed by atoms with Gasteiger partial charge in [-0.1, -0.05) is 22.9 Å². The molecular weight excluding hydrogens is 443 g/mol. The smallest absolute Gasteiger partial charge is 0.193 e. The van der Waals surface area contributed by atoms with Crippen molar-refractivity contribution < 1.29 is 8.81 Å². The van der Waals surface area contributed by atoms with Crippen LogP contribution in [0.5, 0.6) is 0 Å². The zero-order valence-electron chi connectivity index (χ0n) is 17.3. The molecule has 5 rings (SSSR count). The molecule has 0 aliphatic rings. The van der Waals surface area contributed by atoms with Gasteiger partial charge in [0.15, 0.2) is 5.43 Å². The molecule has 0 spiro atoms. The zero-order chi connectivity index (χ0) is 22.8. The maximum atomic E-state index is 13.0. The second-order valence-electron chi connectivity index (χ2n) is 7.58. The predicted octanol–water partition coefficient (Wildman–Crippen LogP) is 5.50. The third-order valence-corrected chi connectivity index (χ3v) is 5.42. The number of hydrogen-bond acceptors (Lipinski definition) is 5. The first-order valence-electron chi connectivity index (χ1n) is 10.2. The van der Waals surface area contributed by atoms with Gasteiger partial charge in [0, 0.05) is 22.3 Å². The number of aromatic nitrogens is 3. The normalized spacial score (nSPS) is 11.1. The molecule has 0 fully saturated rings. The van der Waals surface area contributed by atoms with Gasteiger partial charge in [-0.2, -0.15) is 0 Å². The fourth-order valence-electron chi connectivity index (χ4n) is 3.50. The van der Waals surface area contributed by atoms with E-state index in [2.05, 4.69) is 15.6 Å². The van der Waals surface area contributed by atoms with Crippen molar-refractivity contribution in [3.8, 4) is 11.3 Å². The van der Waals surface area contributed by atoms with Gasteiger partial charge in [-0.3, -0.25) is 4.79 Å². The summed E-state index contributed by atoms with van der Waals surface area (Å²) in [5.74, 6) is 0.212. The molecule has 2 aromatic heterocycles. The summed E-state index contributed by atoms with van der Waals surface area (Å²) in [5, 5.41) is 12.6. The highest BCUT2D eigenvalue weighted by Crippen LogP contribution is 2.24. The summed E-state index contributed by atoms with van der Waals surface area (Å²) in [4.78, 5) is 12.7. The third kappa shape index (κ3) is 4.78. The number of rotatable bonds is 6. The standard InChI is InChI=1S/C25H18ClFN4O2/c26-18-4-2-17(3-5-18)25-12-23(32)22-11-16(1-10-24(22)33-25)14-31-15-21(29-30-31)13-28-20-8-6-19(27)7-9-20/h1-12,15,28H,13-14H2. The van der Waals surface area contributed by atoms with E-state index in [9.17, 15) is 9.18 Å². The van der Waals surface area contributed by atoms with Gasteiger partial charge in [0.1, 0.15) is 22.9 Å². The lowest BCUT2D eigenvalue weighted by molar-refractivity contribution is 0.617. The number of nitrogens with zero attached hydrogens (tertiary/aromatic N) is 3. The Morgan fingerprint density at radius 1 is 1.00 bits per heavy atom. The van der Waals surface area contributed by atoms with Crippen LogP contribution in [-0.2, 0) is 13.1 Å². The summed E-state index contributed by atoms with van der Waals surface area (Å²) in [6.45, 7) is 0.915. The Hall–Kier alpha value is -3.97. The number of hydrogen-bond donors (Lipinski definition) is 1. The molecule has 1 N–H and O–H groups in total. The molecule has 8 heteroatoms. The van der Waals surface area contributed by atoms with E-state index in [1.54, 1.807) is 35.0 Å². The Bertz CT molecular complexity index is 1480. The Labute approximate surface area is 193 Å². The van der Waals surface area contributed by atoms with E-state index in [4.69, 9.17) is 16.0 Å². The van der Waals surface area contributed by atoms with Crippen molar-refractivity contribution in [2.45, 2.75) is 13.1 Å². The van der Waals surface area contributed by atoms with Crippen LogP contribution in [0.15, 0.2) is 88.2 Å². The van der Waals surface area contributed by atoms with Crippen molar-refractivity contribution in [3.63, 3.8) is 0 Å². The maximum Gasteiger partial charge on any atom is 0.193 e. The molecule has 6 nitrogen and oxygen atoms in total. The van der Waals surface area contributed by atoms with Crippen molar-refractivity contribution in [1.29, 1.82) is 0 Å². The van der Waals surface area contributed by atoms with Gasteiger partial charge in [-0.15, -0.1) is 5.10 Å². The second kappa shape index (κ2) is 8.88. The van der Waals surface area contributed by atoms with E-state index in [0.29, 0.717) is 34.8 Å². The van der Waals surface area contributed by atoms with Crippen LogP contribution >= 0.6 is 11.6 Å². The number of fused-ring (bicyclic) bond motifs is 1. The summed E-state index contributed by atoms with van der Waals surface area (Å²) < 4.78 is 20.7. The molecule has 0 unspecified atom stereocenters. The largest absolute Gasteiger partial charge is 0.456 e. The van der Waals surface area contributed by atoms with E-state index >= 15 is 0 Å². The van der Waals surface area contributed by atoms with E-state index in [-0.39, 0.29) is 11.2 Å². The Morgan fingerprint density at radius 3 is 2.58 bits per heavy atom. The average molecular weight is 461 g/mol. The van der Waals surface area contributed by atoms with Crippen LogP contribution in [0.25, 0.3) is 22.3 Å². The molecule has 33 heavy (non-hydrogen) atoms. The summed E-state index contributed by atoms with van der Waals surface area (Å²) in [6.07, 6.45) is 1.83. The van der Waals surface area contributed by atoms with E-state index < -0.39 is 0 Å². The monoisotopic (exact) mass is 460 g/mol. The first-order valence-corrected chi connectivity index (χ1v) is 10.6. The highest BCUT2D eigenvalue weighted by atomic mass is 35.5. The molecule has 0 atom stereocenters. The quantitative estimate of drug-likeness (QED) is 0.362. The fraction of sp³-hybridized carbons (Fsp3) is 0.0800. The first kappa shape index (κ1) is 20.9. The maximum absolute atomic E-state index is 13.0. The van der Waals surface area contributed by atoms with Gasteiger partial charge in [0.25, 0.3) is 0 Å². The molecule has 0 bridgehead atoms. The van der Waals surface area contributed by atoms with Crippen LogP contribution < -0.4 is 10.7 Å². The SMILES string of the molecule is O=c1cc(-c2ccc(Cl)cc2)oc2ccc(Cn3cc(CNc4ccc(F)cc4)nn3)cc12. The lowest BCUT2D eigenvalue weighted by Crippen LogP contribution is -2.04. The summed E-state index contributed by atoms with van der Waals surface area (Å²) in [6, 6.07) is 20.3. The van der Waals surface area contributed by atoms with E-state index in [0.717, 1.165) is 22.5 Å². The van der Waals surface area contributed by atoms with Crippen LogP contribution in [0.2, 0.25) is 5.02 Å². The molecule has 5 aromatic rings. The Kier molecular flexibility index (Phi) is 5.62. The lowest BCUT2D eigenvalue weighted by Gasteiger charge is -2.06. The van der Waals surface area contributed by atoms with Gasteiger partial charge < -0.3 is 9.73 Å². The predicted molar refractivity (Wildman–Crippen MR) is 126 cm³/mol. The Balaban J connectivity index is 1.32. The highest BCUT2D eigenvalue weighted by Gasteiger charge is 2.09. The van der Waals surface area contributed by atoms with Crippen molar-refractivity contribution in [2.24, 2.45) is 0 Å². The number of anilines is 1. The minimum absolute atomic E-state index is 0.120. The molecule has 0 saturated heterocycles. The number of halogens is 2. The Morgan fingerprint density at radius 2 is 1.79 bits per heavy atom. The molecule has 0 radical (unpaired) electrons. The second-order valence-corrected chi connectivity index (χ2v) is 8.02. The molecule has 3 aromatic carbocycles. The van der Waals surface area contributed by atoms with E-state index in [1.165, 1.54) is 18.2 Å². The molecule has 0 amide bonds. The van der Waals surface area contributed by atoms with Crippen molar-refractivity contribution in [1.82, 2.24) is 15.0 Å².